The molecule has 0 aromatic carbocycles. The first-order chi connectivity index (χ1) is 10.9. The Kier molecular flexibility index (Phi) is 3.74. The summed E-state index contributed by atoms with van der Waals surface area (Å²) in [5.41, 5.74) is 2.25. The summed E-state index contributed by atoms with van der Waals surface area (Å²) in [4.78, 5) is 0. The van der Waals surface area contributed by atoms with Crippen molar-refractivity contribution >= 4 is 0 Å². The van der Waals surface area contributed by atoms with Gasteiger partial charge in [0.15, 0.2) is 0 Å². The van der Waals surface area contributed by atoms with Gasteiger partial charge in [-0.3, -0.25) is 0 Å². The van der Waals surface area contributed by atoms with Crippen LogP contribution in [-0.2, 0) is 0 Å². The Hall–Kier alpha value is -0.340. The van der Waals surface area contributed by atoms with Crippen molar-refractivity contribution in [3.8, 4) is 0 Å². The number of rotatable bonds is 1. The first-order valence-electron chi connectivity index (χ1n) is 9.92. The van der Waals surface area contributed by atoms with Crippen LogP contribution >= 0.6 is 0 Å². The van der Waals surface area contributed by atoms with Crippen molar-refractivity contribution in [1.82, 2.24) is 0 Å². The monoisotopic (exact) mass is 318 g/mol. The number of allylic oxidation sites excluding steroid dienone is 1. The van der Waals surface area contributed by atoms with Crippen molar-refractivity contribution in [3.05, 3.63) is 11.6 Å². The average molecular weight is 319 g/mol. The topological polar surface area (TPSA) is 40.5 Å². The second-order valence-electron chi connectivity index (χ2n) is 9.62. The molecule has 3 saturated carbocycles. The maximum absolute atomic E-state index is 10.3. The lowest BCUT2D eigenvalue weighted by molar-refractivity contribution is -0.0675. The predicted molar refractivity (Wildman–Crippen MR) is 92.9 cm³/mol. The molecule has 0 aromatic heterocycles. The van der Waals surface area contributed by atoms with Gasteiger partial charge in [0.1, 0.15) is 0 Å². The smallest absolute Gasteiger partial charge is 0.0577 e. The van der Waals surface area contributed by atoms with Gasteiger partial charge in [0.05, 0.1) is 12.2 Å². The molecule has 3 fully saturated rings. The van der Waals surface area contributed by atoms with E-state index in [1.807, 2.05) is 6.92 Å². The van der Waals surface area contributed by atoms with Gasteiger partial charge in [-0.2, -0.15) is 0 Å². The first-order valence-corrected chi connectivity index (χ1v) is 9.92. The summed E-state index contributed by atoms with van der Waals surface area (Å²) < 4.78 is 0. The van der Waals surface area contributed by atoms with Gasteiger partial charge >= 0.3 is 0 Å². The normalized spacial score (nSPS) is 53.8. The molecule has 2 N–H and O–H groups in total. The number of fused-ring (bicyclic) bond motifs is 5. The lowest BCUT2D eigenvalue weighted by atomic mass is 9.47. The standard InChI is InChI=1S/C21H34O2/c1-13(22)17-6-7-18-16-5-4-14-12-15(23)8-10-20(14,2)19(16)9-11-21(17,18)3/h4,13,15-19,22-23H,5-12H2,1-3H3/t13-,15+,16-,17+,18-,19-,20+,21+/m1/s1. The minimum atomic E-state index is -0.156. The molecule has 0 aliphatic heterocycles. The van der Waals surface area contributed by atoms with Gasteiger partial charge in [0, 0.05) is 0 Å². The fourth-order valence-corrected chi connectivity index (χ4v) is 7.47. The van der Waals surface area contributed by atoms with E-state index in [1.165, 1.54) is 38.5 Å². The molecule has 8 atom stereocenters. The fourth-order valence-electron chi connectivity index (χ4n) is 7.47. The molecule has 0 unspecified atom stereocenters. The maximum atomic E-state index is 10.3. The summed E-state index contributed by atoms with van der Waals surface area (Å²) in [5, 5.41) is 20.4. The van der Waals surface area contributed by atoms with E-state index in [2.05, 4.69) is 19.9 Å². The van der Waals surface area contributed by atoms with E-state index >= 15 is 0 Å². The van der Waals surface area contributed by atoms with Crippen molar-refractivity contribution in [2.24, 2.45) is 34.5 Å². The van der Waals surface area contributed by atoms with E-state index in [9.17, 15) is 10.2 Å². The van der Waals surface area contributed by atoms with Crippen LogP contribution in [0.4, 0.5) is 0 Å². The van der Waals surface area contributed by atoms with Crippen LogP contribution in [0.15, 0.2) is 11.6 Å². The van der Waals surface area contributed by atoms with Crippen LogP contribution in [0, 0.1) is 34.5 Å². The summed E-state index contributed by atoms with van der Waals surface area (Å²) in [6.45, 7) is 6.98. The highest BCUT2D eigenvalue weighted by Gasteiger charge is 2.59. The Morgan fingerprint density at radius 2 is 1.87 bits per heavy atom. The Morgan fingerprint density at radius 3 is 2.61 bits per heavy atom. The molecule has 23 heavy (non-hydrogen) atoms. The summed E-state index contributed by atoms with van der Waals surface area (Å²) in [6, 6.07) is 0. The van der Waals surface area contributed by atoms with Crippen LogP contribution in [0.5, 0.6) is 0 Å². The van der Waals surface area contributed by atoms with Gasteiger partial charge in [-0.25, -0.2) is 0 Å². The zero-order valence-corrected chi connectivity index (χ0v) is 15.1. The number of hydrogen-bond donors (Lipinski definition) is 2. The Morgan fingerprint density at radius 1 is 1.09 bits per heavy atom. The molecule has 0 spiro atoms. The van der Waals surface area contributed by atoms with Crippen LogP contribution in [0.3, 0.4) is 0 Å². The Labute approximate surface area is 141 Å². The molecule has 0 radical (unpaired) electrons. The van der Waals surface area contributed by atoms with Crippen LogP contribution in [0.25, 0.3) is 0 Å². The van der Waals surface area contributed by atoms with E-state index in [0.717, 1.165) is 30.6 Å². The van der Waals surface area contributed by atoms with Gasteiger partial charge < -0.3 is 10.2 Å². The third kappa shape index (κ3) is 2.20. The molecule has 0 saturated heterocycles. The molecule has 0 heterocycles. The number of aliphatic hydroxyl groups is 2. The van der Waals surface area contributed by atoms with Gasteiger partial charge in [-0.15, -0.1) is 0 Å². The molecule has 2 nitrogen and oxygen atoms in total. The van der Waals surface area contributed by atoms with Crippen LogP contribution in [0.2, 0.25) is 0 Å². The molecule has 4 aliphatic rings. The molecule has 4 rings (SSSR count). The summed E-state index contributed by atoms with van der Waals surface area (Å²) in [6.07, 6.45) is 11.7. The van der Waals surface area contributed by atoms with Crippen molar-refractivity contribution < 1.29 is 10.2 Å². The minimum absolute atomic E-state index is 0.106. The van der Waals surface area contributed by atoms with E-state index in [-0.39, 0.29) is 12.2 Å². The van der Waals surface area contributed by atoms with Crippen molar-refractivity contribution in [3.63, 3.8) is 0 Å². The van der Waals surface area contributed by atoms with E-state index in [1.54, 1.807) is 5.57 Å². The second-order valence-corrected chi connectivity index (χ2v) is 9.62. The highest BCUT2D eigenvalue weighted by molar-refractivity contribution is 5.25. The third-order valence-electron chi connectivity index (χ3n) is 8.73. The molecule has 0 amide bonds. The van der Waals surface area contributed by atoms with Gasteiger partial charge in [0.25, 0.3) is 0 Å². The van der Waals surface area contributed by atoms with E-state index in [4.69, 9.17) is 0 Å². The summed E-state index contributed by atoms with van der Waals surface area (Å²) in [7, 11) is 0. The molecule has 130 valence electrons. The van der Waals surface area contributed by atoms with Crippen LogP contribution < -0.4 is 0 Å². The Balaban J connectivity index is 1.65. The first kappa shape index (κ1) is 16.1. The highest BCUT2D eigenvalue weighted by Crippen LogP contribution is 2.66. The second kappa shape index (κ2) is 5.33. The number of aliphatic hydroxyl groups excluding tert-OH is 2. The molecular weight excluding hydrogens is 284 g/mol. The minimum Gasteiger partial charge on any atom is -0.393 e. The largest absolute Gasteiger partial charge is 0.393 e. The number of hydrogen-bond acceptors (Lipinski definition) is 2. The van der Waals surface area contributed by atoms with Crippen LogP contribution in [0.1, 0.15) is 72.1 Å². The van der Waals surface area contributed by atoms with Gasteiger partial charge in [-0.1, -0.05) is 25.5 Å². The quantitative estimate of drug-likeness (QED) is 0.707. The van der Waals surface area contributed by atoms with Crippen LogP contribution in [-0.4, -0.2) is 22.4 Å². The lowest BCUT2D eigenvalue weighted by Crippen LogP contribution is -2.51. The molecule has 0 bridgehead atoms. The maximum Gasteiger partial charge on any atom is 0.0577 e. The van der Waals surface area contributed by atoms with Gasteiger partial charge in [-0.05, 0) is 92.8 Å². The van der Waals surface area contributed by atoms with Crippen molar-refractivity contribution in [2.45, 2.75) is 84.3 Å². The van der Waals surface area contributed by atoms with Crippen molar-refractivity contribution in [1.29, 1.82) is 0 Å². The highest BCUT2D eigenvalue weighted by atomic mass is 16.3. The zero-order chi connectivity index (χ0) is 16.4. The zero-order valence-electron chi connectivity index (χ0n) is 15.1. The average Bonchev–Trinajstić information content (AvgIpc) is 2.85. The van der Waals surface area contributed by atoms with Crippen molar-refractivity contribution in [2.75, 3.05) is 0 Å². The van der Waals surface area contributed by atoms with E-state index < -0.39 is 0 Å². The third-order valence-corrected chi connectivity index (χ3v) is 8.73. The van der Waals surface area contributed by atoms with Gasteiger partial charge in [0.2, 0.25) is 0 Å². The van der Waals surface area contributed by atoms with E-state index in [0.29, 0.717) is 16.7 Å². The molecular formula is C21H34O2. The summed E-state index contributed by atoms with van der Waals surface area (Å²) in [5.74, 6) is 2.91. The Bertz CT molecular complexity index is 510. The predicted octanol–water partition coefficient (Wildman–Crippen LogP) is 4.31. The molecule has 2 heteroatoms. The lowest BCUT2D eigenvalue weighted by Gasteiger charge is -2.58. The molecule has 4 aliphatic carbocycles. The molecule has 0 aromatic rings. The fraction of sp³-hybridized carbons (Fsp3) is 0.905. The summed E-state index contributed by atoms with van der Waals surface area (Å²) >= 11 is 0. The SMILES string of the molecule is C[C@@H](O)[C@@H]1CC[C@@H]2[C@H]3CC=C4C[C@@H](O)CC[C@]4(C)[C@@H]3CC[C@]21C.